The third-order valence-electron chi connectivity index (χ3n) is 2.03. The van der Waals surface area contributed by atoms with E-state index in [2.05, 4.69) is 0 Å². The highest BCUT2D eigenvalue weighted by molar-refractivity contribution is 7.10. The number of halogens is 1. The fraction of sp³-hybridized carbons (Fsp3) is 0.182. The highest BCUT2D eigenvalue weighted by Crippen LogP contribution is 2.23. The Hall–Kier alpha value is -1.06. The van der Waals surface area contributed by atoms with Gasteiger partial charge >= 0.3 is 0 Å². The molecule has 2 aromatic heterocycles. The Morgan fingerprint density at radius 1 is 1.47 bits per heavy atom. The van der Waals surface area contributed by atoms with Crippen LogP contribution < -0.4 is 0 Å². The zero-order chi connectivity index (χ0) is 10.8. The van der Waals surface area contributed by atoms with Crippen LogP contribution in [0.5, 0.6) is 0 Å². The van der Waals surface area contributed by atoms with Crippen LogP contribution in [0.25, 0.3) is 0 Å². The smallest absolute Gasteiger partial charge is 0.203 e. The summed E-state index contributed by atoms with van der Waals surface area (Å²) in [7, 11) is 0. The number of rotatable bonds is 3. The third kappa shape index (κ3) is 2.30. The number of carbonyl (C=O) groups excluding carboxylic acids is 1. The van der Waals surface area contributed by atoms with Gasteiger partial charge in [-0.3, -0.25) is 4.79 Å². The largest absolute Gasteiger partial charge is 0.458 e. The van der Waals surface area contributed by atoms with Crippen molar-refractivity contribution in [2.75, 3.05) is 0 Å². The summed E-state index contributed by atoms with van der Waals surface area (Å²) in [6.07, 6.45) is 0.309. The van der Waals surface area contributed by atoms with Gasteiger partial charge in [0, 0.05) is 4.88 Å². The van der Waals surface area contributed by atoms with Crippen molar-refractivity contribution in [1.29, 1.82) is 0 Å². The molecule has 0 unspecified atom stereocenters. The normalized spacial score (nSPS) is 10.5. The molecule has 0 radical (unpaired) electrons. The molecule has 78 valence electrons. The SMILES string of the molecule is Cc1ccc(C(=O)Cc2sccc2Cl)o1. The van der Waals surface area contributed by atoms with Gasteiger partial charge < -0.3 is 4.42 Å². The van der Waals surface area contributed by atoms with Crippen molar-refractivity contribution in [3.8, 4) is 0 Å². The first-order valence-corrected chi connectivity index (χ1v) is 5.74. The number of hydrogen-bond donors (Lipinski definition) is 0. The van der Waals surface area contributed by atoms with Crippen molar-refractivity contribution < 1.29 is 9.21 Å². The minimum atomic E-state index is -0.0348. The second kappa shape index (κ2) is 4.21. The fourth-order valence-electron chi connectivity index (χ4n) is 1.27. The number of furan rings is 1. The molecule has 0 saturated carbocycles. The van der Waals surface area contributed by atoms with E-state index < -0.39 is 0 Å². The molecule has 0 N–H and O–H groups in total. The number of thiophene rings is 1. The molecule has 0 aromatic carbocycles. The molecule has 0 aliphatic carbocycles. The molecule has 0 spiro atoms. The van der Waals surface area contributed by atoms with Gasteiger partial charge in [0.25, 0.3) is 0 Å². The summed E-state index contributed by atoms with van der Waals surface area (Å²) in [6.45, 7) is 1.81. The van der Waals surface area contributed by atoms with Gasteiger partial charge in [0.1, 0.15) is 5.76 Å². The molecule has 15 heavy (non-hydrogen) atoms. The van der Waals surface area contributed by atoms with E-state index in [1.807, 2.05) is 12.3 Å². The van der Waals surface area contributed by atoms with Gasteiger partial charge in [-0.15, -0.1) is 11.3 Å². The predicted molar refractivity (Wildman–Crippen MR) is 60.8 cm³/mol. The summed E-state index contributed by atoms with van der Waals surface area (Å²) in [5.41, 5.74) is 0. The second-order valence-electron chi connectivity index (χ2n) is 3.20. The molecule has 2 heterocycles. The topological polar surface area (TPSA) is 30.2 Å². The van der Waals surface area contributed by atoms with E-state index in [0.717, 1.165) is 10.6 Å². The summed E-state index contributed by atoms with van der Waals surface area (Å²) >= 11 is 7.39. The van der Waals surface area contributed by atoms with Gasteiger partial charge in [0.05, 0.1) is 11.4 Å². The highest BCUT2D eigenvalue weighted by Gasteiger charge is 2.13. The quantitative estimate of drug-likeness (QED) is 0.766. The van der Waals surface area contributed by atoms with Crippen LogP contribution in [0.15, 0.2) is 28.0 Å². The summed E-state index contributed by atoms with van der Waals surface area (Å²) < 4.78 is 5.25. The van der Waals surface area contributed by atoms with Crippen LogP contribution in [-0.4, -0.2) is 5.78 Å². The number of carbonyl (C=O) groups is 1. The molecule has 0 aliphatic heterocycles. The Balaban J connectivity index is 2.14. The van der Waals surface area contributed by atoms with E-state index >= 15 is 0 Å². The van der Waals surface area contributed by atoms with Gasteiger partial charge in [-0.1, -0.05) is 11.6 Å². The van der Waals surface area contributed by atoms with E-state index in [-0.39, 0.29) is 5.78 Å². The van der Waals surface area contributed by atoms with E-state index in [0.29, 0.717) is 17.2 Å². The number of Topliss-reactive ketones (excluding diaryl/α,β-unsaturated/α-hetero) is 1. The maximum atomic E-state index is 11.7. The van der Waals surface area contributed by atoms with Crippen molar-refractivity contribution in [2.45, 2.75) is 13.3 Å². The average molecular weight is 241 g/mol. The summed E-state index contributed by atoms with van der Waals surface area (Å²) in [4.78, 5) is 12.6. The molecule has 0 amide bonds. The minimum Gasteiger partial charge on any atom is -0.458 e. The number of hydrogen-bond acceptors (Lipinski definition) is 3. The molecule has 2 aromatic rings. The Bertz CT molecular complexity index is 484. The predicted octanol–water partition coefficient (Wildman–Crippen LogP) is 3.73. The van der Waals surface area contributed by atoms with Crippen LogP contribution >= 0.6 is 22.9 Å². The monoisotopic (exact) mass is 240 g/mol. The lowest BCUT2D eigenvalue weighted by Gasteiger charge is -1.95. The first kappa shape index (κ1) is 10.5. The molecular formula is C11H9ClO2S. The zero-order valence-corrected chi connectivity index (χ0v) is 9.69. The molecule has 0 atom stereocenters. The third-order valence-corrected chi connectivity index (χ3v) is 3.41. The van der Waals surface area contributed by atoms with Crippen molar-refractivity contribution in [1.82, 2.24) is 0 Å². The van der Waals surface area contributed by atoms with Gasteiger partial charge in [-0.25, -0.2) is 0 Å². The molecule has 0 bridgehead atoms. The fourth-order valence-corrected chi connectivity index (χ4v) is 2.37. The zero-order valence-electron chi connectivity index (χ0n) is 8.12. The summed E-state index contributed by atoms with van der Waals surface area (Å²) in [5, 5.41) is 2.52. The number of ketones is 1. The van der Waals surface area contributed by atoms with Crippen molar-refractivity contribution >= 4 is 28.7 Å². The van der Waals surface area contributed by atoms with Crippen LogP contribution in [0, 0.1) is 6.92 Å². The highest BCUT2D eigenvalue weighted by atomic mass is 35.5. The van der Waals surface area contributed by atoms with Gasteiger partial charge in [0.2, 0.25) is 5.78 Å². The van der Waals surface area contributed by atoms with Gasteiger partial charge in [-0.2, -0.15) is 0 Å². The lowest BCUT2D eigenvalue weighted by atomic mass is 10.2. The molecule has 0 fully saturated rings. The summed E-state index contributed by atoms with van der Waals surface area (Å²) in [6, 6.07) is 5.27. The molecule has 2 nitrogen and oxygen atoms in total. The lowest BCUT2D eigenvalue weighted by Crippen LogP contribution is -2.00. The second-order valence-corrected chi connectivity index (χ2v) is 4.61. The Morgan fingerprint density at radius 3 is 2.80 bits per heavy atom. The van der Waals surface area contributed by atoms with Crippen LogP contribution in [-0.2, 0) is 6.42 Å². The first-order valence-electron chi connectivity index (χ1n) is 4.48. The lowest BCUT2D eigenvalue weighted by molar-refractivity contribution is 0.0966. The van der Waals surface area contributed by atoms with Gasteiger partial charge in [-0.05, 0) is 30.5 Å². The van der Waals surface area contributed by atoms with Gasteiger partial charge in [0.15, 0.2) is 5.76 Å². The van der Waals surface area contributed by atoms with E-state index in [9.17, 15) is 4.79 Å². The van der Waals surface area contributed by atoms with E-state index in [1.165, 1.54) is 11.3 Å². The molecule has 4 heteroatoms. The first-order chi connectivity index (χ1) is 7.16. The van der Waals surface area contributed by atoms with E-state index in [1.54, 1.807) is 18.2 Å². The summed E-state index contributed by atoms with van der Waals surface area (Å²) in [5.74, 6) is 1.11. The number of aryl methyl sites for hydroxylation is 1. The standard InChI is InChI=1S/C11H9ClO2S/c1-7-2-3-10(14-7)9(13)6-11-8(12)4-5-15-11/h2-5H,6H2,1H3. The Labute approximate surface area is 96.5 Å². The molecule has 2 rings (SSSR count). The Kier molecular flexibility index (Phi) is 2.93. The minimum absolute atomic E-state index is 0.0348. The van der Waals surface area contributed by atoms with E-state index in [4.69, 9.17) is 16.0 Å². The van der Waals surface area contributed by atoms with Crippen LogP contribution in [0.2, 0.25) is 5.02 Å². The van der Waals surface area contributed by atoms with Crippen LogP contribution in [0.3, 0.4) is 0 Å². The average Bonchev–Trinajstić information content (AvgIpc) is 2.77. The molecule has 0 saturated heterocycles. The molecule has 0 aliphatic rings. The van der Waals surface area contributed by atoms with Crippen LogP contribution in [0.1, 0.15) is 21.2 Å². The maximum absolute atomic E-state index is 11.7. The van der Waals surface area contributed by atoms with Crippen molar-refractivity contribution in [3.05, 3.63) is 45.0 Å². The van der Waals surface area contributed by atoms with Crippen molar-refractivity contribution in [3.63, 3.8) is 0 Å². The van der Waals surface area contributed by atoms with Crippen molar-refractivity contribution in [2.24, 2.45) is 0 Å². The van der Waals surface area contributed by atoms with Crippen LogP contribution in [0.4, 0.5) is 0 Å². The molecular weight excluding hydrogens is 232 g/mol. The Morgan fingerprint density at radius 2 is 2.27 bits per heavy atom. The maximum Gasteiger partial charge on any atom is 0.203 e.